The fraction of sp³-hybridized carbons (Fsp3) is 0.462. The standard InChI is InChI=1S/C13H16N2O4/c1-2-3-4-12-9-14(13(16)19-12)10-5-7-11(8-6-10)15(17)18/h5-8,12H,2-4,9H2,1H3. The van der Waals surface area contributed by atoms with Crippen molar-refractivity contribution in [1.82, 2.24) is 0 Å². The van der Waals surface area contributed by atoms with Crippen LogP contribution in [-0.2, 0) is 4.74 Å². The molecular formula is C13H16N2O4. The predicted octanol–water partition coefficient (Wildman–Crippen LogP) is 3.11. The van der Waals surface area contributed by atoms with Gasteiger partial charge in [0.15, 0.2) is 0 Å². The number of anilines is 1. The van der Waals surface area contributed by atoms with Crippen molar-refractivity contribution in [3.05, 3.63) is 34.4 Å². The van der Waals surface area contributed by atoms with Crippen LogP contribution >= 0.6 is 0 Å². The van der Waals surface area contributed by atoms with Crippen LogP contribution in [0.2, 0.25) is 0 Å². The van der Waals surface area contributed by atoms with Gasteiger partial charge in [0.25, 0.3) is 5.69 Å². The molecule has 19 heavy (non-hydrogen) atoms. The van der Waals surface area contributed by atoms with Gasteiger partial charge < -0.3 is 4.74 Å². The van der Waals surface area contributed by atoms with Gasteiger partial charge in [0.05, 0.1) is 11.5 Å². The number of rotatable bonds is 5. The second-order valence-corrected chi connectivity index (χ2v) is 4.53. The number of nitrogens with zero attached hydrogens (tertiary/aromatic N) is 2. The molecule has 1 fully saturated rings. The van der Waals surface area contributed by atoms with Gasteiger partial charge in [-0.25, -0.2) is 4.79 Å². The number of hydrogen-bond acceptors (Lipinski definition) is 4. The lowest BCUT2D eigenvalue weighted by Gasteiger charge is -2.12. The Morgan fingerprint density at radius 3 is 2.68 bits per heavy atom. The average Bonchev–Trinajstić information content (AvgIpc) is 2.77. The summed E-state index contributed by atoms with van der Waals surface area (Å²) in [6.45, 7) is 2.60. The Hall–Kier alpha value is -2.11. The maximum atomic E-state index is 11.7. The minimum atomic E-state index is -0.462. The van der Waals surface area contributed by atoms with Crippen LogP contribution in [0.15, 0.2) is 24.3 Å². The van der Waals surface area contributed by atoms with Crippen LogP contribution in [0.1, 0.15) is 26.2 Å². The number of benzene rings is 1. The number of carbonyl (C=O) groups is 1. The van der Waals surface area contributed by atoms with Crippen LogP contribution in [0.25, 0.3) is 0 Å². The molecule has 0 N–H and O–H groups in total. The summed E-state index contributed by atoms with van der Waals surface area (Å²) in [5, 5.41) is 10.6. The van der Waals surface area contributed by atoms with E-state index in [1.54, 1.807) is 12.1 Å². The number of non-ortho nitro benzene ring substituents is 1. The molecular weight excluding hydrogens is 248 g/mol. The predicted molar refractivity (Wildman–Crippen MR) is 70.2 cm³/mol. The van der Waals surface area contributed by atoms with Crippen LogP contribution < -0.4 is 4.90 Å². The minimum Gasteiger partial charge on any atom is -0.444 e. The van der Waals surface area contributed by atoms with E-state index in [1.165, 1.54) is 17.0 Å². The smallest absolute Gasteiger partial charge is 0.414 e. The molecule has 0 radical (unpaired) electrons. The van der Waals surface area contributed by atoms with Gasteiger partial charge in [0, 0.05) is 17.8 Å². The molecule has 1 heterocycles. The summed E-state index contributed by atoms with van der Waals surface area (Å²) < 4.78 is 5.26. The molecule has 6 nitrogen and oxygen atoms in total. The molecule has 1 saturated heterocycles. The van der Waals surface area contributed by atoms with Crippen molar-refractivity contribution >= 4 is 17.5 Å². The molecule has 1 atom stereocenters. The van der Waals surface area contributed by atoms with Crippen LogP contribution in [-0.4, -0.2) is 23.7 Å². The third kappa shape index (κ3) is 3.01. The molecule has 1 aromatic carbocycles. The quantitative estimate of drug-likeness (QED) is 0.605. The number of carbonyl (C=O) groups excluding carboxylic acids is 1. The zero-order valence-electron chi connectivity index (χ0n) is 10.7. The Morgan fingerprint density at radius 1 is 1.42 bits per heavy atom. The molecule has 1 aromatic rings. The van der Waals surface area contributed by atoms with Crippen LogP contribution in [0.3, 0.4) is 0 Å². The van der Waals surface area contributed by atoms with Gasteiger partial charge >= 0.3 is 6.09 Å². The molecule has 0 aromatic heterocycles. The van der Waals surface area contributed by atoms with E-state index in [9.17, 15) is 14.9 Å². The van der Waals surface area contributed by atoms with E-state index in [1.807, 2.05) is 0 Å². The van der Waals surface area contributed by atoms with Crippen molar-refractivity contribution in [2.75, 3.05) is 11.4 Å². The summed E-state index contributed by atoms with van der Waals surface area (Å²) in [6, 6.07) is 5.92. The molecule has 1 amide bonds. The van der Waals surface area contributed by atoms with Crippen molar-refractivity contribution in [1.29, 1.82) is 0 Å². The Labute approximate surface area is 111 Å². The highest BCUT2D eigenvalue weighted by molar-refractivity contribution is 5.89. The lowest BCUT2D eigenvalue weighted by Crippen LogP contribution is -2.24. The number of nitro groups is 1. The topological polar surface area (TPSA) is 72.7 Å². The first-order chi connectivity index (χ1) is 9.11. The van der Waals surface area contributed by atoms with E-state index in [4.69, 9.17) is 4.74 Å². The molecule has 0 aliphatic carbocycles. The Balaban J connectivity index is 2.05. The van der Waals surface area contributed by atoms with E-state index < -0.39 is 4.92 Å². The Kier molecular flexibility index (Phi) is 3.99. The number of unbranched alkanes of at least 4 members (excludes halogenated alkanes) is 1. The number of hydrogen-bond donors (Lipinski definition) is 0. The number of ether oxygens (including phenoxy) is 1. The molecule has 1 unspecified atom stereocenters. The van der Waals surface area contributed by atoms with Gasteiger partial charge in [-0.15, -0.1) is 0 Å². The first-order valence-electron chi connectivity index (χ1n) is 6.34. The van der Waals surface area contributed by atoms with Gasteiger partial charge in [0.1, 0.15) is 6.10 Å². The van der Waals surface area contributed by atoms with Crippen molar-refractivity contribution in [3.63, 3.8) is 0 Å². The van der Waals surface area contributed by atoms with Crippen molar-refractivity contribution in [2.45, 2.75) is 32.3 Å². The minimum absolute atomic E-state index is 0.0128. The maximum Gasteiger partial charge on any atom is 0.414 e. The number of amides is 1. The largest absolute Gasteiger partial charge is 0.444 e. The molecule has 102 valence electrons. The molecule has 0 saturated carbocycles. The maximum absolute atomic E-state index is 11.7. The van der Waals surface area contributed by atoms with Crippen molar-refractivity contribution in [2.24, 2.45) is 0 Å². The van der Waals surface area contributed by atoms with Crippen LogP contribution in [0, 0.1) is 10.1 Å². The van der Waals surface area contributed by atoms with Crippen LogP contribution in [0.5, 0.6) is 0 Å². The highest BCUT2D eigenvalue weighted by Gasteiger charge is 2.31. The van der Waals surface area contributed by atoms with Gasteiger partial charge in [0.2, 0.25) is 0 Å². The zero-order valence-corrected chi connectivity index (χ0v) is 10.7. The Bertz CT molecular complexity index is 472. The van der Waals surface area contributed by atoms with Crippen molar-refractivity contribution in [3.8, 4) is 0 Å². The fourth-order valence-electron chi connectivity index (χ4n) is 2.07. The number of nitro benzene ring substituents is 1. The lowest BCUT2D eigenvalue weighted by atomic mass is 10.1. The Morgan fingerprint density at radius 2 is 2.11 bits per heavy atom. The van der Waals surface area contributed by atoms with Gasteiger partial charge in [-0.05, 0) is 25.0 Å². The van der Waals surface area contributed by atoms with Gasteiger partial charge in [-0.1, -0.05) is 13.3 Å². The highest BCUT2D eigenvalue weighted by Crippen LogP contribution is 2.25. The van der Waals surface area contributed by atoms with E-state index in [0.29, 0.717) is 12.2 Å². The summed E-state index contributed by atoms with van der Waals surface area (Å²) in [5.41, 5.74) is 0.647. The van der Waals surface area contributed by atoms with Gasteiger partial charge in [-0.3, -0.25) is 15.0 Å². The third-order valence-corrected chi connectivity index (χ3v) is 3.13. The fourth-order valence-corrected chi connectivity index (χ4v) is 2.07. The first-order valence-corrected chi connectivity index (χ1v) is 6.34. The normalized spacial score (nSPS) is 18.5. The van der Waals surface area contributed by atoms with Gasteiger partial charge in [-0.2, -0.15) is 0 Å². The summed E-state index contributed by atoms with van der Waals surface area (Å²) in [5.74, 6) is 0. The number of cyclic esters (lactones) is 1. The average molecular weight is 264 g/mol. The molecule has 6 heteroatoms. The molecule has 0 bridgehead atoms. The molecule has 0 spiro atoms. The SMILES string of the molecule is CCCCC1CN(c2ccc([N+](=O)[O-])cc2)C(=O)O1. The summed E-state index contributed by atoms with van der Waals surface area (Å²) in [6.07, 6.45) is 2.47. The van der Waals surface area contributed by atoms with E-state index in [0.717, 1.165) is 19.3 Å². The molecule has 1 aliphatic heterocycles. The van der Waals surface area contributed by atoms with E-state index >= 15 is 0 Å². The van der Waals surface area contributed by atoms with Crippen LogP contribution in [0.4, 0.5) is 16.2 Å². The summed E-state index contributed by atoms with van der Waals surface area (Å²) in [4.78, 5) is 23.4. The van der Waals surface area contributed by atoms with Crippen molar-refractivity contribution < 1.29 is 14.5 Å². The highest BCUT2D eigenvalue weighted by atomic mass is 16.6. The first kappa shape index (κ1) is 13.3. The summed E-state index contributed by atoms with van der Waals surface area (Å²) in [7, 11) is 0. The monoisotopic (exact) mass is 264 g/mol. The second-order valence-electron chi connectivity index (χ2n) is 4.53. The second kappa shape index (κ2) is 5.69. The zero-order chi connectivity index (χ0) is 13.8. The summed E-state index contributed by atoms with van der Waals surface area (Å²) >= 11 is 0. The van der Waals surface area contributed by atoms with E-state index in [-0.39, 0.29) is 17.9 Å². The lowest BCUT2D eigenvalue weighted by molar-refractivity contribution is -0.384. The molecule has 1 aliphatic rings. The van der Waals surface area contributed by atoms with E-state index in [2.05, 4.69) is 6.92 Å². The molecule has 2 rings (SSSR count). The third-order valence-electron chi connectivity index (χ3n) is 3.13.